The van der Waals surface area contributed by atoms with Crippen LogP contribution in [0.3, 0.4) is 0 Å². The molecule has 1 aromatic carbocycles. The fraction of sp³-hybridized carbons (Fsp3) is 0.385. The molecule has 1 fully saturated rings. The van der Waals surface area contributed by atoms with Gasteiger partial charge in [-0.05, 0) is 30.5 Å². The summed E-state index contributed by atoms with van der Waals surface area (Å²) in [6.07, 6.45) is 0.903. The first-order valence-corrected chi connectivity index (χ1v) is 6.09. The van der Waals surface area contributed by atoms with Crippen molar-refractivity contribution in [2.24, 2.45) is 11.8 Å². The third-order valence-electron chi connectivity index (χ3n) is 3.09. The molecule has 0 radical (unpaired) electrons. The van der Waals surface area contributed by atoms with Crippen molar-refractivity contribution >= 4 is 29.2 Å². The second-order valence-electron chi connectivity index (χ2n) is 4.49. The van der Waals surface area contributed by atoms with E-state index in [9.17, 15) is 9.59 Å². The molecular weight excluding hydrogens is 254 g/mol. The zero-order valence-electron chi connectivity index (χ0n) is 10.2. The Morgan fingerprint density at radius 1 is 1.44 bits per heavy atom. The van der Waals surface area contributed by atoms with E-state index in [2.05, 4.69) is 10.1 Å². The van der Waals surface area contributed by atoms with E-state index in [-0.39, 0.29) is 11.8 Å². The zero-order chi connectivity index (χ0) is 13.3. The van der Waals surface area contributed by atoms with E-state index in [1.807, 2.05) is 6.92 Å². The van der Waals surface area contributed by atoms with Crippen LogP contribution >= 0.6 is 11.6 Å². The average molecular weight is 268 g/mol. The van der Waals surface area contributed by atoms with Crippen molar-refractivity contribution in [2.75, 3.05) is 12.4 Å². The van der Waals surface area contributed by atoms with Crippen LogP contribution in [0, 0.1) is 11.8 Å². The van der Waals surface area contributed by atoms with E-state index in [0.717, 1.165) is 6.42 Å². The van der Waals surface area contributed by atoms with E-state index in [4.69, 9.17) is 11.6 Å². The highest BCUT2D eigenvalue weighted by Crippen LogP contribution is 2.39. The molecule has 0 aromatic heterocycles. The first kappa shape index (κ1) is 12.9. The third-order valence-corrected chi connectivity index (χ3v) is 3.42. The third kappa shape index (κ3) is 2.64. The Kier molecular flexibility index (Phi) is 3.57. The summed E-state index contributed by atoms with van der Waals surface area (Å²) in [4.78, 5) is 23.2. The lowest BCUT2D eigenvalue weighted by Gasteiger charge is -2.08. The van der Waals surface area contributed by atoms with Gasteiger partial charge in [-0.3, -0.25) is 4.79 Å². The van der Waals surface area contributed by atoms with Crippen molar-refractivity contribution in [3.05, 3.63) is 28.8 Å². The molecule has 0 spiro atoms. The normalized spacial score (nSPS) is 21.3. The molecule has 2 unspecified atom stereocenters. The number of halogens is 1. The minimum atomic E-state index is -0.457. The maximum atomic E-state index is 11.8. The van der Waals surface area contributed by atoms with E-state index in [1.165, 1.54) is 13.2 Å². The highest BCUT2D eigenvalue weighted by atomic mass is 35.5. The van der Waals surface area contributed by atoms with Crippen molar-refractivity contribution in [1.29, 1.82) is 0 Å². The Bertz CT molecular complexity index is 501. The first-order valence-electron chi connectivity index (χ1n) is 5.71. The number of amides is 1. The number of esters is 1. The van der Waals surface area contributed by atoms with E-state index >= 15 is 0 Å². The van der Waals surface area contributed by atoms with Gasteiger partial charge in [0.2, 0.25) is 5.91 Å². The fourth-order valence-electron chi connectivity index (χ4n) is 1.78. The van der Waals surface area contributed by atoms with Gasteiger partial charge in [-0.1, -0.05) is 18.5 Å². The fourth-order valence-corrected chi connectivity index (χ4v) is 1.94. The van der Waals surface area contributed by atoms with E-state index in [0.29, 0.717) is 22.2 Å². The molecule has 0 bridgehead atoms. The molecule has 5 heteroatoms. The van der Waals surface area contributed by atoms with Gasteiger partial charge in [-0.2, -0.15) is 0 Å². The van der Waals surface area contributed by atoms with Crippen molar-refractivity contribution < 1.29 is 14.3 Å². The Morgan fingerprint density at radius 2 is 2.11 bits per heavy atom. The van der Waals surface area contributed by atoms with Crippen LogP contribution in [0.2, 0.25) is 5.02 Å². The molecule has 1 N–H and O–H groups in total. The standard InChI is InChI=1S/C13H14ClNO3/c1-7-5-9(7)12(16)15-11-6-8(13(17)18-2)3-4-10(11)14/h3-4,6-7,9H,5H2,1-2H3,(H,15,16). The summed E-state index contributed by atoms with van der Waals surface area (Å²) in [5, 5.41) is 3.15. The molecule has 1 aromatic rings. The van der Waals surface area contributed by atoms with E-state index in [1.54, 1.807) is 12.1 Å². The summed E-state index contributed by atoms with van der Waals surface area (Å²) in [5.74, 6) is -0.0243. The molecule has 4 nitrogen and oxygen atoms in total. The second-order valence-corrected chi connectivity index (χ2v) is 4.90. The molecule has 18 heavy (non-hydrogen) atoms. The van der Waals surface area contributed by atoms with Crippen LogP contribution in [0.4, 0.5) is 5.69 Å². The van der Waals surface area contributed by atoms with Crippen molar-refractivity contribution in [3.8, 4) is 0 Å². The lowest BCUT2D eigenvalue weighted by Crippen LogP contribution is -2.15. The molecule has 0 saturated heterocycles. The van der Waals surface area contributed by atoms with Gasteiger partial charge in [0.1, 0.15) is 0 Å². The molecule has 1 aliphatic rings. The summed E-state index contributed by atoms with van der Waals surface area (Å²) < 4.78 is 4.62. The second kappa shape index (κ2) is 4.98. The highest BCUT2D eigenvalue weighted by Gasteiger charge is 2.39. The summed E-state index contributed by atoms with van der Waals surface area (Å²) in [6, 6.07) is 4.66. The van der Waals surface area contributed by atoms with Crippen LogP contribution in [0.5, 0.6) is 0 Å². The largest absolute Gasteiger partial charge is 0.465 e. The number of rotatable bonds is 3. The van der Waals surface area contributed by atoms with Crippen LogP contribution in [0.25, 0.3) is 0 Å². The maximum Gasteiger partial charge on any atom is 0.337 e. The molecular formula is C13H14ClNO3. The zero-order valence-corrected chi connectivity index (χ0v) is 11.0. The molecule has 1 aliphatic carbocycles. The van der Waals surface area contributed by atoms with Gasteiger partial charge in [0, 0.05) is 5.92 Å². The predicted molar refractivity (Wildman–Crippen MR) is 68.7 cm³/mol. The number of hydrogen-bond donors (Lipinski definition) is 1. The summed E-state index contributed by atoms with van der Waals surface area (Å²) >= 11 is 5.98. The van der Waals surface area contributed by atoms with Crippen molar-refractivity contribution in [2.45, 2.75) is 13.3 Å². The molecule has 1 saturated carbocycles. The number of carbonyl (C=O) groups is 2. The monoisotopic (exact) mass is 267 g/mol. The number of benzene rings is 1. The van der Waals surface area contributed by atoms with Gasteiger partial charge in [0.15, 0.2) is 0 Å². The SMILES string of the molecule is COC(=O)c1ccc(Cl)c(NC(=O)C2CC2C)c1. The lowest BCUT2D eigenvalue weighted by atomic mass is 10.2. The highest BCUT2D eigenvalue weighted by molar-refractivity contribution is 6.33. The maximum absolute atomic E-state index is 11.8. The van der Waals surface area contributed by atoms with Gasteiger partial charge >= 0.3 is 5.97 Å². The molecule has 0 heterocycles. The van der Waals surface area contributed by atoms with Crippen LogP contribution in [0.1, 0.15) is 23.7 Å². The predicted octanol–water partition coefficient (Wildman–Crippen LogP) is 2.72. The Balaban J connectivity index is 2.16. The van der Waals surface area contributed by atoms with E-state index < -0.39 is 5.97 Å². The molecule has 2 rings (SSSR count). The van der Waals surface area contributed by atoms with Crippen LogP contribution in [-0.2, 0) is 9.53 Å². The minimum Gasteiger partial charge on any atom is -0.465 e. The summed E-state index contributed by atoms with van der Waals surface area (Å²) in [7, 11) is 1.31. The van der Waals surface area contributed by atoms with Crippen molar-refractivity contribution in [3.63, 3.8) is 0 Å². The van der Waals surface area contributed by atoms with Gasteiger partial charge in [-0.25, -0.2) is 4.79 Å². The van der Waals surface area contributed by atoms with Crippen molar-refractivity contribution in [1.82, 2.24) is 0 Å². The number of ether oxygens (including phenoxy) is 1. The Labute approximate surface area is 110 Å². The van der Waals surface area contributed by atoms with Gasteiger partial charge in [0.05, 0.1) is 23.4 Å². The molecule has 96 valence electrons. The lowest BCUT2D eigenvalue weighted by molar-refractivity contribution is -0.117. The smallest absolute Gasteiger partial charge is 0.337 e. The number of anilines is 1. The first-order chi connectivity index (χ1) is 8.52. The molecule has 2 atom stereocenters. The molecule has 0 aliphatic heterocycles. The topological polar surface area (TPSA) is 55.4 Å². The average Bonchev–Trinajstić information content (AvgIpc) is 3.08. The van der Waals surface area contributed by atoms with Crippen LogP contribution in [0.15, 0.2) is 18.2 Å². The minimum absolute atomic E-state index is 0.0496. The van der Waals surface area contributed by atoms with Gasteiger partial charge in [-0.15, -0.1) is 0 Å². The van der Waals surface area contributed by atoms with Crippen LogP contribution in [-0.4, -0.2) is 19.0 Å². The number of carbonyl (C=O) groups excluding carboxylic acids is 2. The number of hydrogen-bond acceptors (Lipinski definition) is 3. The van der Waals surface area contributed by atoms with Gasteiger partial charge < -0.3 is 10.1 Å². The molecule has 1 amide bonds. The number of methoxy groups -OCH3 is 1. The summed E-state index contributed by atoms with van der Waals surface area (Å²) in [6.45, 7) is 2.02. The Hall–Kier alpha value is -1.55. The van der Waals surface area contributed by atoms with Gasteiger partial charge in [0.25, 0.3) is 0 Å². The Morgan fingerprint density at radius 3 is 2.67 bits per heavy atom. The quantitative estimate of drug-likeness (QED) is 0.857. The van der Waals surface area contributed by atoms with Crippen LogP contribution < -0.4 is 5.32 Å². The summed E-state index contributed by atoms with van der Waals surface area (Å²) in [5.41, 5.74) is 0.810. The number of nitrogens with one attached hydrogen (secondary N) is 1.